The number of hydrogen-bond acceptors (Lipinski definition) is 3. The maximum atomic E-state index is 10.9. The third-order valence-electron chi connectivity index (χ3n) is 4.50. The van der Waals surface area contributed by atoms with Crippen LogP contribution in [0.1, 0.15) is 51.9 Å². The lowest BCUT2D eigenvalue weighted by molar-refractivity contribution is -0.117. The van der Waals surface area contributed by atoms with Gasteiger partial charge in [0.25, 0.3) is 0 Å². The van der Waals surface area contributed by atoms with Gasteiger partial charge >= 0.3 is 0 Å². The second-order valence-corrected chi connectivity index (χ2v) is 5.98. The zero-order valence-corrected chi connectivity index (χ0v) is 11.9. The van der Waals surface area contributed by atoms with Crippen molar-refractivity contribution in [2.75, 3.05) is 32.7 Å². The summed E-state index contributed by atoms with van der Waals surface area (Å²) in [6.07, 6.45) is 8.76. The number of rotatable bonds is 6. The van der Waals surface area contributed by atoms with Gasteiger partial charge in [-0.25, -0.2) is 0 Å². The minimum atomic E-state index is 0.334. The molecule has 2 aliphatic rings. The van der Waals surface area contributed by atoms with Gasteiger partial charge in [-0.05, 0) is 39.2 Å². The summed E-state index contributed by atoms with van der Waals surface area (Å²) < 4.78 is 0. The van der Waals surface area contributed by atoms with Crippen LogP contribution in [-0.4, -0.2) is 54.3 Å². The average Bonchev–Trinajstić information content (AvgIpc) is 2.89. The first-order chi connectivity index (χ1) is 8.75. The molecule has 1 aliphatic carbocycles. The molecular weight excluding hydrogens is 224 g/mol. The lowest BCUT2D eigenvalue weighted by Gasteiger charge is -2.38. The Morgan fingerprint density at radius 1 is 1.06 bits per heavy atom. The number of carbonyl (C=O) groups excluding carboxylic acids is 1. The molecular formula is C15H28N2O. The fraction of sp³-hybridized carbons (Fsp3) is 0.933. The van der Waals surface area contributed by atoms with Crippen molar-refractivity contribution < 1.29 is 4.79 Å². The minimum Gasteiger partial charge on any atom is -0.301 e. The predicted octanol–water partition coefficient (Wildman–Crippen LogP) is 2.31. The summed E-state index contributed by atoms with van der Waals surface area (Å²) in [5, 5.41) is 0. The maximum absolute atomic E-state index is 10.9. The molecule has 0 bridgehead atoms. The van der Waals surface area contributed by atoms with Crippen LogP contribution in [0.5, 0.6) is 0 Å². The Hall–Kier alpha value is -0.410. The molecule has 0 N–H and O–H groups in total. The van der Waals surface area contributed by atoms with Crippen molar-refractivity contribution in [3.05, 3.63) is 0 Å². The first-order valence-electron chi connectivity index (χ1n) is 7.71. The second-order valence-electron chi connectivity index (χ2n) is 5.98. The Morgan fingerprint density at radius 3 is 2.33 bits per heavy atom. The number of piperazine rings is 1. The van der Waals surface area contributed by atoms with E-state index in [1.165, 1.54) is 64.8 Å². The van der Waals surface area contributed by atoms with E-state index >= 15 is 0 Å². The van der Waals surface area contributed by atoms with E-state index in [0.29, 0.717) is 5.78 Å². The summed E-state index contributed by atoms with van der Waals surface area (Å²) in [6.45, 7) is 7.87. The molecule has 3 heteroatoms. The molecule has 0 unspecified atom stereocenters. The van der Waals surface area contributed by atoms with E-state index in [4.69, 9.17) is 0 Å². The van der Waals surface area contributed by atoms with Gasteiger partial charge in [0, 0.05) is 38.6 Å². The maximum Gasteiger partial charge on any atom is 0.129 e. The first kappa shape index (κ1) is 14.0. The normalized spacial score (nSPS) is 23.6. The number of unbranched alkanes of at least 4 members (excludes halogenated alkanes) is 1. The quantitative estimate of drug-likeness (QED) is 0.678. The van der Waals surface area contributed by atoms with Gasteiger partial charge in [0.2, 0.25) is 0 Å². The van der Waals surface area contributed by atoms with Gasteiger partial charge in [0.15, 0.2) is 0 Å². The summed E-state index contributed by atoms with van der Waals surface area (Å²) in [6, 6.07) is 0.893. The topological polar surface area (TPSA) is 23.6 Å². The van der Waals surface area contributed by atoms with E-state index in [1.54, 1.807) is 6.92 Å². The molecule has 2 fully saturated rings. The van der Waals surface area contributed by atoms with Crippen molar-refractivity contribution in [2.45, 2.75) is 57.9 Å². The number of ketones is 1. The average molecular weight is 252 g/mol. The van der Waals surface area contributed by atoms with Crippen LogP contribution in [0.15, 0.2) is 0 Å². The Bertz CT molecular complexity index is 253. The molecule has 1 saturated carbocycles. The molecule has 3 nitrogen and oxygen atoms in total. The summed E-state index contributed by atoms with van der Waals surface area (Å²) in [5.74, 6) is 0.334. The SMILES string of the molecule is CC(=O)CCCCN1CCN(C2CCCC2)CC1. The molecule has 0 radical (unpaired) electrons. The predicted molar refractivity (Wildman–Crippen MR) is 74.8 cm³/mol. The van der Waals surface area contributed by atoms with Gasteiger partial charge in [-0.3, -0.25) is 4.90 Å². The molecule has 0 amide bonds. The monoisotopic (exact) mass is 252 g/mol. The molecule has 1 saturated heterocycles. The van der Waals surface area contributed by atoms with Gasteiger partial charge in [0.1, 0.15) is 5.78 Å². The molecule has 104 valence electrons. The van der Waals surface area contributed by atoms with Crippen LogP contribution in [0, 0.1) is 0 Å². The highest BCUT2D eigenvalue weighted by Crippen LogP contribution is 2.24. The fourth-order valence-corrected chi connectivity index (χ4v) is 3.33. The Labute approximate surface area is 112 Å². The molecule has 0 aromatic rings. The van der Waals surface area contributed by atoms with E-state index in [1.807, 2.05) is 0 Å². The smallest absolute Gasteiger partial charge is 0.129 e. The standard InChI is InChI=1S/C15H28N2O/c1-14(18)6-4-5-9-16-10-12-17(13-11-16)15-7-2-3-8-15/h15H,2-13H2,1H3. The fourth-order valence-electron chi connectivity index (χ4n) is 3.33. The van der Waals surface area contributed by atoms with Crippen molar-refractivity contribution in [2.24, 2.45) is 0 Å². The van der Waals surface area contributed by atoms with Gasteiger partial charge < -0.3 is 9.69 Å². The van der Waals surface area contributed by atoms with E-state index in [9.17, 15) is 4.79 Å². The third kappa shape index (κ3) is 4.36. The summed E-state index contributed by atoms with van der Waals surface area (Å²) in [7, 11) is 0. The molecule has 18 heavy (non-hydrogen) atoms. The molecule has 1 aliphatic heterocycles. The van der Waals surface area contributed by atoms with Gasteiger partial charge in [-0.1, -0.05) is 12.8 Å². The van der Waals surface area contributed by atoms with Crippen molar-refractivity contribution >= 4 is 5.78 Å². The highest BCUT2D eigenvalue weighted by atomic mass is 16.1. The van der Waals surface area contributed by atoms with E-state index < -0.39 is 0 Å². The molecule has 2 rings (SSSR count). The molecule has 0 aromatic carbocycles. The van der Waals surface area contributed by atoms with Crippen LogP contribution in [0.2, 0.25) is 0 Å². The lowest BCUT2D eigenvalue weighted by atomic mass is 10.1. The molecule has 1 heterocycles. The molecule has 0 spiro atoms. The Kier molecular flexibility index (Phi) is 5.64. The van der Waals surface area contributed by atoms with E-state index in [-0.39, 0.29) is 0 Å². The molecule has 0 aromatic heterocycles. The molecule has 0 atom stereocenters. The van der Waals surface area contributed by atoms with Gasteiger partial charge in [-0.15, -0.1) is 0 Å². The summed E-state index contributed by atoms with van der Waals surface area (Å²) in [4.78, 5) is 16.1. The summed E-state index contributed by atoms with van der Waals surface area (Å²) in [5.41, 5.74) is 0. The van der Waals surface area contributed by atoms with Crippen LogP contribution in [0.4, 0.5) is 0 Å². The zero-order valence-electron chi connectivity index (χ0n) is 11.9. The van der Waals surface area contributed by atoms with Gasteiger partial charge in [0.05, 0.1) is 0 Å². The number of hydrogen-bond donors (Lipinski definition) is 0. The van der Waals surface area contributed by atoms with Crippen molar-refractivity contribution in [3.63, 3.8) is 0 Å². The lowest BCUT2D eigenvalue weighted by Crippen LogP contribution is -2.49. The van der Waals surface area contributed by atoms with E-state index in [2.05, 4.69) is 9.80 Å². The Balaban J connectivity index is 1.57. The van der Waals surface area contributed by atoms with Crippen molar-refractivity contribution in [3.8, 4) is 0 Å². The largest absolute Gasteiger partial charge is 0.301 e. The zero-order chi connectivity index (χ0) is 12.8. The second kappa shape index (κ2) is 7.25. The van der Waals surface area contributed by atoms with Crippen LogP contribution in [0.3, 0.4) is 0 Å². The van der Waals surface area contributed by atoms with Gasteiger partial charge in [-0.2, -0.15) is 0 Å². The van der Waals surface area contributed by atoms with Crippen LogP contribution in [-0.2, 0) is 4.79 Å². The third-order valence-corrected chi connectivity index (χ3v) is 4.50. The minimum absolute atomic E-state index is 0.334. The van der Waals surface area contributed by atoms with Crippen LogP contribution < -0.4 is 0 Å². The highest BCUT2D eigenvalue weighted by Gasteiger charge is 2.25. The first-order valence-corrected chi connectivity index (χ1v) is 7.71. The number of Topliss-reactive ketones (excluding diaryl/α,β-unsaturated/α-hetero) is 1. The van der Waals surface area contributed by atoms with Crippen molar-refractivity contribution in [1.29, 1.82) is 0 Å². The highest BCUT2D eigenvalue weighted by molar-refractivity contribution is 5.75. The van der Waals surface area contributed by atoms with Crippen LogP contribution >= 0.6 is 0 Å². The summed E-state index contributed by atoms with van der Waals surface area (Å²) >= 11 is 0. The van der Waals surface area contributed by atoms with Crippen LogP contribution in [0.25, 0.3) is 0 Å². The van der Waals surface area contributed by atoms with E-state index in [0.717, 1.165) is 18.9 Å². The number of carbonyl (C=O) groups is 1. The van der Waals surface area contributed by atoms with Crippen molar-refractivity contribution in [1.82, 2.24) is 9.80 Å². The Morgan fingerprint density at radius 2 is 1.72 bits per heavy atom. The number of nitrogens with zero attached hydrogens (tertiary/aromatic N) is 2.